The van der Waals surface area contributed by atoms with Crippen molar-refractivity contribution in [2.24, 2.45) is 0 Å². The summed E-state index contributed by atoms with van der Waals surface area (Å²) in [5, 5.41) is 9.24. The number of nitrogens with one attached hydrogen (secondary N) is 1. The second kappa shape index (κ2) is 6.82. The average molecular weight is 326 g/mol. The van der Waals surface area contributed by atoms with Crippen LogP contribution in [0.4, 0.5) is 0 Å². The smallest absolute Gasteiger partial charge is 0.0663 e. The summed E-state index contributed by atoms with van der Waals surface area (Å²) < 4.78 is 2.02. The molecule has 0 amide bonds. The van der Waals surface area contributed by atoms with Gasteiger partial charge >= 0.3 is 0 Å². The van der Waals surface area contributed by atoms with Gasteiger partial charge in [-0.05, 0) is 31.5 Å². The summed E-state index contributed by atoms with van der Waals surface area (Å²) >= 11 is 12.0. The normalized spacial score (nSPS) is 11.4. The van der Waals surface area contributed by atoms with Gasteiger partial charge in [-0.2, -0.15) is 5.10 Å². The maximum Gasteiger partial charge on any atom is 0.0663 e. The quantitative estimate of drug-likeness (QED) is 0.885. The molecular formula is C16H21Cl2N3. The summed E-state index contributed by atoms with van der Waals surface area (Å²) in [5.74, 6) is 0. The van der Waals surface area contributed by atoms with Crippen LogP contribution in [0.3, 0.4) is 0 Å². The molecular weight excluding hydrogens is 305 g/mol. The lowest BCUT2D eigenvalue weighted by Gasteiger charge is -2.09. The van der Waals surface area contributed by atoms with Gasteiger partial charge in [0.1, 0.15) is 0 Å². The Labute approximate surface area is 136 Å². The highest BCUT2D eigenvalue weighted by molar-refractivity contribution is 6.42. The Kier molecular flexibility index (Phi) is 5.31. The molecule has 0 aliphatic heterocycles. The van der Waals surface area contributed by atoms with Crippen LogP contribution in [0.5, 0.6) is 0 Å². The van der Waals surface area contributed by atoms with Crippen molar-refractivity contribution >= 4 is 23.2 Å². The van der Waals surface area contributed by atoms with Crippen LogP contribution in [-0.4, -0.2) is 15.8 Å². The maximum atomic E-state index is 6.07. The molecule has 2 aromatic rings. The van der Waals surface area contributed by atoms with E-state index in [0.29, 0.717) is 22.6 Å². The van der Waals surface area contributed by atoms with Crippen LogP contribution in [-0.2, 0) is 13.1 Å². The second-order valence-electron chi connectivity index (χ2n) is 5.59. The van der Waals surface area contributed by atoms with Gasteiger partial charge in [-0.3, -0.25) is 4.68 Å². The van der Waals surface area contributed by atoms with Crippen LogP contribution in [0, 0.1) is 13.8 Å². The van der Waals surface area contributed by atoms with Crippen molar-refractivity contribution in [3.63, 3.8) is 0 Å². The molecule has 5 heteroatoms. The highest BCUT2D eigenvalue weighted by Crippen LogP contribution is 2.23. The Bertz CT molecular complexity index is 633. The zero-order chi connectivity index (χ0) is 15.6. The molecule has 2 rings (SSSR count). The number of halogens is 2. The topological polar surface area (TPSA) is 29.9 Å². The van der Waals surface area contributed by atoms with Gasteiger partial charge in [-0.15, -0.1) is 0 Å². The van der Waals surface area contributed by atoms with Crippen LogP contribution in [0.25, 0.3) is 0 Å². The Morgan fingerprint density at radius 3 is 2.52 bits per heavy atom. The first-order valence-electron chi connectivity index (χ1n) is 7.08. The van der Waals surface area contributed by atoms with E-state index in [2.05, 4.69) is 38.1 Å². The third-order valence-electron chi connectivity index (χ3n) is 3.53. The average Bonchev–Trinajstić information content (AvgIpc) is 2.67. The van der Waals surface area contributed by atoms with Gasteiger partial charge in [-0.25, -0.2) is 0 Å². The van der Waals surface area contributed by atoms with E-state index in [1.54, 1.807) is 0 Å². The Morgan fingerprint density at radius 1 is 1.19 bits per heavy atom. The predicted molar refractivity (Wildman–Crippen MR) is 89.2 cm³/mol. The van der Waals surface area contributed by atoms with E-state index < -0.39 is 0 Å². The van der Waals surface area contributed by atoms with Crippen molar-refractivity contribution in [3.8, 4) is 0 Å². The molecule has 114 valence electrons. The molecule has 1 aromatic carbocycles. The van der Waals surface area contributed by atoms with Gasteiger partial charge in [-0.1, -0.05) is 43.1 Å². The summed E-state index contributed by atoms with van der Waals surface area (Å²) in [5.41, 5.74) is 4.62. The zero-order valence-electron chi connectivity index (χ0n) is 12.9. The third-order valence-corrected chi connectivity index (χ3v) is 4.27. The lowest BCUT2D eigenvalue weighted by Crippen LogP contribution is -2.22. The molecule has 0 aliphatic rings. The standard InChI is InChI=1S/C16H21Cl2N3/c1-10(2)19-8-14-11(3)20-21(12(14)4)9-13-5-6-15(17)16(18)7-13/h5-7,10,19H,8-9H2,1-4H3. The minimum atomic E-state index is 0.460. The molecule has 0 bridgehead atoms. The molecule has 1 heterocycles. The van der Waals surface area contributed by atoms with E-state index in [1.807, 2.05) is 22.9 Å². The Hall–Kier alpha value is -1.03. The van der Waals surface area contributed by atoms with Crippen molar-refractivity contribution in [3.05, 3.63) is 50.8 Å². The molecule has 0 fully saturated rings. The first-order chi connectivity index (χ1) is 9.88. The SMILES string of the molecule is Cc1nn(Cc2ccc(Cl)c(Cl)c2)c(C)c1CNC(C)C. The van der Waals surface area contributed by atoms with E-state index >= 15 is 0 Å². The second-order valence-corrected chi connectivity index (χ2v) is 6.41. The number of aryl methyl sites for hydroxylation is 1. The molecule has 1 aromatic heterocycles. The van der Waals surface area contributed by atoms with Crippen molar-refractivity contribution in [2.45, 2.75) is 46.8 Å². The third kappa shape index (κ3) is 4.00. The fraction of sp³-hybridized carbons (Fsp3) is 0.438. The lowest BCUT2D eigenvalue weighted by molar-refractivity contribution is 0.584. The van der Waals surface area contributed by atoms with Crippen LogP contribution >= 0.6 is 23.2 Å². The molecule has 21 heavy (non-hydrogen) atoms. The fourth-order valence-corrected chi connectivity index (χ4v) is 2.58. The van der Waals surface area contributed by atoms with Crippen molar-refractivity contribution in [2.75, 3.05) is 0 Å². The maximum absolute atomic E-state index is 6.07. The van der Waals surface area contributed by atoms with E-state index in [0.717, 1.165) is 17.8 Å². The minimum absolute atomic E-state index is 0.460. The lowest BCUT2D eigenvalue weighted by atomic mass is 10.2. The summed E-state index contributed by atoms with van der Waals surface area (Å²) in [7, 11) is 0. The largest absolute Gasteiger partial charge is 0.310 e. The summed E-state index contributed by atoms with van der Waals surface area (Å²) in [6, 6.07) is 6.16. The van der Waals surface area contributed by atoms with Gasteiger partial charge in [0.15, 0.2) is 0 Å². The molecule has 0 saturated carbocycles. The first kappa shape index (κ1) is 16.3. The molecule has 1 N–H and O–H groups in total. The highest BCUT2D eigenvalue weighted by atomic mass is 35.5. The van der Waals surface area contributed by atoms with E-state index in [1.165, 1.54) is 11.3 Å². The molecule has 0 saturated heterocycles. The van der Waals surface area contributed by atoms with E-state index in [9.17, 15) is 0 Å². The summed E-state index contributed by atoms with van der Waals surface area (Å²) in [6.07, 6.45) is 0. The van der Waals surface area contributed by atoms with Crippen molar-refractivity contribution in [1.82, 2.24) is 15.1 Å². The Balaban J connectivity index is 2.20. The molecule has 0 atom stereocenters. The zero-order valence-corrected chi connectivity index (χ0v) is 14.4. The van der Waals surface area contributed by atoms with Gasteiger partial charge in [0, 0.05) is 23.8 Å². The van der Waals surface area contributed by atoms with Crippen molar-refractivity contribution in [1.29, 1.82) is 0 Å². The van der Waals surface area contributed by atoms with E-state index in [-0.39, 0.29) is 0 Å². The fourth-order valence-electron chi connectivity index (χ4n) is 2.26. The molecule has 0 aliphatic carbocycles. The van der Waals surface area contributed by atoms with Crippen LogP contribution in [0.1, 0.15) is 36.4 Å². The first-order valence-corrected chi connectivity index (χ1v) is 7.84. The van der Waals surface area contributed by atoms with Crippen LogP contribution in [0.2, 0.25) is 10.0 Å². The monoisotopic (exact) mass is 325 g/mol. The van der Waals surface area contributed by atoms with Crippen LogP contribution < -0.4 is 5.32 Å². The van der Waals surface area contributed by atoms with Gasteiger partial charge in [0.2, 0.25) is 0 Å². The predicted octanol–water partition coefficient (Wildman–Crippen LogP) is 4.35. The molecule has 0 radical (unpaired) electrons. The number of hydrogen-bond acceptors (Lipinski definition) is 2. The van der Waals surface area contributed by atoms with Gasteiger partial charge < -0.3 is 5.32 Å². The van der Waals surface area contributed by atoms with E-state index in [4.69, 9.17) is 23.2 Å². The molecule has 3 nitrogen and oxygen atoms in total. The summed E-state index contributed by atoms with van der Waals surface area (Å²) in [6.45, 7) is 9.99. The Morgan fingerprint density at radius 2 is 1.90 bits per heavy atom. The minimum Gasteiger partial charge on any atom is -0.310 e. The number of aromatic nitrogens is 2. The number of benzene rings is 1. The van der Waals surface area contributed by atoms with Gasteiger partial charge in [0.05, 0.1) is 22.3 Å². The molecule has 0 spiro atoms. The molecule has 0 unspecified atom stereocenters. The number of nitrogens with zero attached hydrogens (tertiary/aromatic N) is 2. The van der Waals surface area contributed by atoms with Crippen LogP contribution in [0.15, 0.2) is 18.2 Å². The highest BCUT2D eigenvalue weighted by Gasteiger charge is 2.12. The number of hydrogen-bond donors (Lipinski definition) is 1. The number of rotatable bonds is 5. The van der Waals surface area contributed by atoms with Gasteiger partial charge in [0.25, 0.3) is 0 Å². The summed E-state index contributed by atoms with van der Waals surface area (Å²) in [4.78, 5) is 0. The van der Waals surface area contributed by atoms with Crippen molar-refractivity contribution < 1.29 is 0 Å².